The van der Waals surface area contributed by atoms with Gasteiger partial charge >= 0.3 is 0 Å². The molecule has 1 fully saturated rings. The summed E-state index contributed by atoms with van der Waals surface area (Å²) < 4.78 is 6.57. The van der Waals surface area contributed by atoms with Gasteiger partial charge in [-0.05, 0) is 50.1 Å². The van der Waals surface area contributed by atoms with Crippen LogP contribution >= 0.6 is 15.9 Å². The van der Waals surface area contributed by atoms with Crippen LogP contribution in [0, 0.1) is 0 Å². The van der Waals surface area contributed by atoms with Crippen LogP contribution in [0.25, 0.3) is 5.76 Å². The summed E-state index contributed by atoms with van der Waals surface area (Å²) in [6.07, 6.45) is 1.71. The number of aliphatic hydroxyl groups excluding tert-OH is 1. The SMILES string of the molecule is CCCCN1C(=O)C(=O)/C(=C(\O)c2ccc(Br)cc2)C1c1ccc(OC(C)C)cc1. The fraction of sp³-hybridized carbons (Fsp3) is 0.333. The lowest BCUT2D eigenvalue weighted by Crippen LogP contribution is -2.30. The van der Waals surface area contributed by atoms with Gasteiger partial charge in [-0.25, -0.2) is 0 Å². The van der Waals surface area contributed by atoms with Crippen molar-refractivity contribution in [1.29, 1.82) is 0 Å². The lowest BCUT2D eigenvalue weighted by atomic mass is 9.95. The average Bonchev–Trinajstić information content (AvgIpc) is 2.97. The molecule has 1 aliphatic rings. The highest BCUT2D eigenvalue weighted by Crippen LogP contribution is 2.40. The number of aliphatic hydroxyl groups is 1. The Morgan fingerprint density at radius 2 is 1.73 bits per heavy atom. The quantitative estimate of drug-likeness (QED) is 0.330. The Hall–Kier alpha value is -2.60. The lowest BCUT2D eigenvalue weighted by Gasteiger charge is -2.25. The Balaban J connectivity index is 2.08. The highest BCUT2D eigenvalue weighted by atomic mass is 79.9. The number of carbonyl (C=O) groups excluding carboxylic acids is 2. The molecule has 1 unspecified atom stereocenters. The summed E-state index contributed by atoms with van der Waals surface area (Å²) >= 11 is 3.37. The molecule has 6 heteroatoms. The van der Waals surface area contributed by atoms with E-state index in [4.69, 9.17) is 4.74 Å². The minimum Gasteiger partial charge on any atom is -0.507 e. The molecule has 3 rings (SSSR count). The van der Waals surface area contributed by atoms with Gasteiger partial charge in [-0.2, -0.15) is 0 Å². The molecule has 1 amide bonds. The maximum absolute atomic E-state index is 12.9. The standard InChI is InChI=1S/C24H26BrNO4/c1-4-5-14-26-21(16-8-12-19(13-9-16)30-15(2)3)20(23(28)24(26)29)22(27)17-6-10-18(25)11-7-17/h6-13,15,21,27H,4-5,14H2,1-3H3/b22-20-. The molecule has 0 radical (unpaired) electrons. The van der Waals surface area contributed by atoms with Crippen LogP contribution in [0.2, 0.25) is 0 Å². The zero-order valence-corrected chi connectivity index (χ0v) is 19.0. The van der Waals surface area contributed by atoms with Gasteiger partial charge in [0, 0.05) is 16.6 Å². The highest BCUT2D eigenvalue weighted by molar-refractivity contribution is 9.10. The predicted molar refractivity (Wildman–Crippen MR) is 120 cm³/mol. The second-order valence-electron chi connectivity index (χ2n) is 7.59. The van der Waals surface area contributed by atoms with E-state index in [2.05, 4.69) is 15.9 Å². The summed E-state index contributed by atoms with van der Waals surface area (Å²) in [6, 6.07) is 13.7. The van der Waals surface area contributed by atoms with E-state index < -0.39 is 17.7 Å². The van der Waals surface area contributed by atoms with Gasteiger partial charge in [0.05, 0.1) is 17.7 Å². The van der Waals surface area contributed by atoms with Crippen molar-refractivity contribution >= 4 is 33.4 Å². The first kappa shape index (κ1) is 22.1. The number of likely N-dealkylation sites (tertiary alicyclic amines) is 1. The van der Waals surface area contributed by atoms with Crippen LogP contribution in [0.4, 0.5) is 0 Å². The van der Waals surface area contributed by atoms with Crippen molar-refractivity contribution in [3.8, 4) is 5.75 Å². The molecule has 0 saturated carbocycles. The Kier molecular flexibility index (Phi) is 6.98. The highest BCUT2D eigenvalue weighted by Gasteiger charge is 2.45. The zero-order valence-electron chi connectivity index (χ0n) is 17.4. The van der Waals surface area contributed by atoms with E-state index in [-0.39, 0.29) is 17.4 Å². The summed E-state index contributed by atoms with van der Waals surface area (Å²) in [6.45, 7) is 6.39. The van der Waals surface area contributed by atoms with Gasteiger partial charge in [0.1, 0.15) is 11.5 Å². The van der Waals surface area contributed by atoms with Crippen LogP contribution in [0.15, 0.2) is 58.6 Å². The number of hydrogen-bond acceptors (Lipinski definition) is 4. The minimum atomic E-state index is -0.654. The number of Topliss-reactive ketones (excluding diaryl/α,β-unsaturated/α-hetero) is 1. The Morgan fingerprint density at radius 1 is 1.10 bits per heavy atom. The topological polar surface area (TPSA) is 66.8 Å². The van der Waals surface area contributed by atoms with E-state index in [0.717, 1.165) is 22.9 Å². The van der Waals surface area contributed by atoms with E-state index in [1.54, 1.807) is 29.2 Å². The van der Waals surface area contributed by atoms with E-state index in [1.165, 1.54) is 0 Å². The number of carbonyl (C=O) groups is 2. The predicted octanol–water partition coefficient (Wildman–Crippen LogP) is 5.46. The Labute approximate surface area is 185 Å². The number of nitrogens with zero attached hydrogens (tertiary/aromatic N) is 1. The fourth-order valence-electron chi connectivity index (χ4n) is 3.55. The van der Waals surface area contributed by atoms with Crippen molar-refractivity contribution in [1.82, 2.24) is 4.90 Å². The number of unbranched alkanes of at least 4 members (excludes halogenated alkanes) is 1. The van der Waals surface area contributed by atoms with Gasteiger partial charge in [0.2, 0.25) is 0 Å². The maximum atomic E-state index is 12.9. The molecule has 158 valence electrons. The van der Waals surface area contributed by atoms with Crippen molar-refractivity contribution in [3.63, 3.8) is 0 Å². The smallest absolute Gasteiger partial charge is 0.295 e. The summed E-state index contributed by atoms with van der Waals surface area (Å²) in [5, 5.41) is 11.0. The largest absolute Gasteiger partial charge is 0.507 e. The first-order chi connectivity index (χ1) is 14.3. The Morgan fingerprint density at radius 3 is 2.30 bits per heavy atom. The van der Waals surface area contributed by atoms with Gasteiger partial charge in [-0.15, -0.1) is 0 Å². The third kappa shape index (κ3) is 4.59. The molecule has 1 N–H and O–H groups in total. The zero-order chi connectivity index (χ0) is 21.8. The second-order valence-corrected chi connectivity index (χ2v) is 8.50. The van der Waals surface area contributed by atoms with Crippen LogP contribution in [0.1, 0.15) is 50.8 Å². The van der Waals surface area contributed by atoms with Crippen LogP contribution in [0.5, 0.6) is 5.75 Å². The number of halogens is 1. The number of rotatable bonds is 7. The fourth-order valence-corrected chi connectivity index (χ4v) is 3.81. The molecular weight excluding hydrogens is 446 g/mol. The van der Waals surface area contributed by atoms with Crippen molar-refractivity contribution in [3.05, 3.63) is 69.7 Å². The molecule has 1 saturated heterocycles. The number of amides is 1. The molecule has 1 aliphatic heterocycles. The first-order valence-electron chi connectivity index (χ1n) is 10.1. The van der Waals surface area contributed by atoms with Crippen LogP contribution < -0.4 is 4.74 Å². The number of ether oxygens (including phenoxy) is 1. The van der Waals surface area contributed by atoms with Crippen LogP contribution in [0.3, 0.4) is 0 Å². The first-order valence-corrected chi connectivity index (χ1v) is 10.9. The van der Waals surface area contributed by atoms with Crippen molar-refractivity contribution in [2.45, 2.75) is 45.8 Å². The average molecular weight is 472 g/mol. The number of benzene rings is 2. The third-order valence-corrected chi connectivity index (χ3v) is 5.51. The summed E-state index contributed by atoms with van der Waals surface area (Å²) in [5.41, 5.74) is 1.38. The van der Waals surface area contributed by atoms with E-state index in [0.29, 0.717) is 17.9 Å². The molecule has 0 bridgehead atoms. The van der Waals surface area contributed by atoms with Crippen molar-refractivity contribution in [2.75, 3.05) is 6.54 Å². The molecule has 30 heavy (non-hydrogen) atoms. The van der Waals surface area contributed by atoms with Gasteiger partial charge in [0.25, 0.3) is 11.7 Å². The van der Waals surface area contributed by atoms with Gasteiger partial charge in [-0.1, -0.05) is 53.5 Å². The van der Waals surface area contributed by atoms with Crippen LogP contribution in [-0.2, 0) is 9.59 Å². The summed E-state index contributed by atoms with van der Waals surface area (Å²) in [5.74, 6) is -0.673. The molecule has 1 atom stereocenters. The number of ketones is 1. The van der Waals surface area contributed by atoms with E-state index in [9.17, 15) is 14.7 Å². The molecule has 5 nitrogen and oxygen atoms in total. The van der Waals surface area contributed by atoms with E-state index >= 15 is 0 Å². The second kappa shape index (κ2) is 9.47. The maximum Gasteiger partial charge on any atom is 0.295 e. The Bertz CT molecular complexity index is 948. The van der Waals surface area contributed by atoms with Gasteiger partial charge in [-0.3, -0.25) is 9.59 Å². The molecule has 0 spiro atoms. The molecule has 1 heterocycles. The summed E-state index contributed by atoms with van der Waals surface area (Å²) in [4.78, 5) is 27.3. The van der Waals surface area contributed by atoms with Gasteiger partial charge < -0.3 is 14.7 Å². The minimum absolute atomic E-state index is 0.0449. The lowest BCUT2D eigenvalue weighted by molar-refractivity contribution is -0.139. The van der Waals surface area contributed by atoms with E-state index in [1.807, 2.05) is 45.0 Å². The summed E-state index contributed by atoms with van der Waals surface area (Å²) in [7, 11) is 0. The van der Waals surface area contributed by atoms with Gasteiger partial charge in [0.15, 0.2) is 0 Å². The number of hydrogen-bond donors (Lipinski definition) is 1. The third-order valence-electron chi connectivity index (χ3n) is 4.98. The monoisotopic (exact) mass is 471 g/mol. The van der Waals surface area contributed by atoms with Crippen LogP contribution in [-0.4, -0.2) is 34.3 Å². The molecular formula is C24H26BrNO4. The molecule has 0 aliphatic carbocycles. The van der Waals surface area contributed by atoms with Crippen molar-refractivity contribution < 1.29 is 19.4 Å². The molecule has 0 aromatic heterocycles. The normalized spacial score (nSPS) is 18.3. The molecule has 2 aromatic carbocycles. The molecule has 2 aromatic rings. The van der Waals surface area contributed by atoms with Crippen molar-refractivity contribution in [2.24, 2.45) is 0 Å².